The molecule has 1 aromatic carbocycles. The molecule has 0 amide bonds. The van der Waals surface area contributed by atoms with E-state index < -0.39 is 5.97 Å². The van der Waals surface area contributed by atoms with Gasteiger partial charge >= 0.3 is 5.97 Å². The van der Waals surface area contributed by atoms with E-state index in [1.807, 2.05) is 0 Å². The molecular weight excluding hydrogens is 323 g/mol. The van der Waals surface area contributed by atoms with Crippen LogP contribution in [0.2, 0.25) is 0 Å². The molecule has 1 heterocycles. The molecule has 4 heteroatoms. The lowest BCUT2D eigenvalue weighted by atomic mass is 9.76. The number of carbonyl (C=O) groups is 1. The number of aromatic carboxylic acids is 1. The Labute approximate surface area is 145 Å². The normalized spacial score (nSPS) is 17.2. The lowest BCUT2D eigenvalue weighted by Gasteiger charge is -2.29. The Morgan fingerprint density at radius 1 is 1.21 bits per heavy atom. The molecule has 2 aromatic rings. The molecule has 1 aromatic heterocycles. The summed E-state index contributed by atoms with van der Waals surface area (Å²) < 4.78 is 14.8. The first-order valence-corrected chi connectivity index (χ1v) is 8.95. The molecule has 0 fully saturated rings. The van der Waals surface area contributed by atoms with Gasteiger partial charge in [-0.25, -0.2) is 9.18 Å². The molecule has 1 aliphatic carbocycles. The van der Waals surface area contributed by atoms with Crippen LogP contribution in [0.1, 0.15) is 64.9 Å². The van der Waals surface area contributed by atoms with Crippen molar-refractivity contribution in [2.45, 2.75) is 45.4 Å². The molecule has 0 radical (unpaired) electrons. The van der Waals surface area contributed by atoms with Crippen LogP contribution in [0.5, 0.6) is 0 Å². The van der Waals surface area contributed by atoms with Crippen molar-refractivity contribution in [3.8, 4) is 0 Å². The molecule has 0 unspecified atom stereocenters. The zero-order chi connectivity index (χ0) is 17.5. The second kappa shape index (κ2) is 6.17. The summed E-state index contributed by atoms with van der Waals surface area (Å²) in [4.78, 5) is 13.2. The van der Waals surface area contributed by atoms with Crippen LogP contribution in [-0.2, 0) is 11.8 Å². The summed E-state index contributed by atoms with van der Waals surface area (Å²) in [6.07, 6.45) is 3.42. The average molecular weight is 344 g/mol. The van der Waals surface area contributed by atoms with Crippen LogP contribution in [0.25, 0.3) is 11.4 Å². The monoisotopic (exact) mass is 344 g/mol. The molecule has 3 rings (SSSR count). The van der Waals surface area contributed by atoms with Crippen LogP contribution >= 0.6 is 11.3 Å². The van der Waals surface area contributed by atoms with Crippen molar-refractivity contribution < 1.29 is 14.3 Å². The Hall–Kier alpha value is -1.94. The van der Waals surface area contributed by atoms with E-state index in [-0.39, 0.29) is 16.8 Å². The smallest absolute Gasteiger partial charge is 0.335 e. The predicted octanol–water partition coefficient (Wildman–Crippen LogP) is 5.92. The Morgan fingerprint density at radius 2 is 1.83 bits per heavy atom. The Bertz CT molecular complexity index is 813. The number of allylic oxidation sites excluding steroid dienone is 1. The minimum atomic E-state index is -1.00. The van der Waals surface area contributed by atoms with Crippen LogP contribution in [-0.4, -0.2) is 11.1 Å². The summed E-state index contributed by atoms with van der Waals surface area (Å²) in [5, 5.41) is 8.94. The van der Waals surface area contributed by atoms with E-state index in [1.165, 1.54) is 41.1 Å². The predicted molar refractivity (Wildman–Crippen MR) is 97.3 cm³/mol. The van der Waals surface area contributed by atoms with E-state index in [9.17, 15) is 9.18 Å². The SMILES string of the molecule is C/C(=C(/F)c1ccc(C(=O)O)cc1)c1cc2c(s1)CCCC2(C)C. The summed E-state index contributed by atoms with van der Waals surface area (Å²) >= 11 is 1.68. The standard InChI is InChI=1S/C20H21FO2S/c1-12(18(21)13-6-8-14(9-7-13)19(22)23)17-11-15-16(24-17)5-4-10-20(15,2)3/h6-9,11H,4-5,10H2,1-3H3,(H,22,23)/b18-12-. The number of carboxylic acid groups (broad SMARTS) is 1. The Morgan fingerprint density at radius 3 is 2.42 bits per heavy atom. The number of halogens is 1. The Kier molecular flexibility index (Phi) is 4.35. The van der Waals surface area contributed by atoms with E-state index >= 15 is 0 Å². The van der Waals surface area contributed by atoms with Crippen LogP contribution in [0.4, 0.5) is 4.39 Å². The zero-order valence-corrected chi connectivity index (χ0v) is 15.0. The fraction of sp³-hybridized carbons (Fsp3) is 0.350. The average Bonchev–Trinajstić information content (AvgIpc) is 2.99. The van der Waals surface area contributed by atoms with Gasteiger partial charge in [0.1, 0.15) is 5.83 Å². The molecule has 2 nitrogen and oxygen atoms in total. The summed E-state index contributed by atoms with van der Waals surface area (Å²) in [7, 11) is 0. The first-order valence-electron chi connectivity index (χ1n) is 8.13. The van der Waals surface area contributed by atoms with Crippen molar-refractivity contribution in [2.75, 3.05) is 0 Å². The topological polar surface area (TPSA) is 37.3 Å². The van der Waals surface area contributed by atoms with Crippen molar-refractivity contribution in [2.24, 2.45) is 0 Å². The molecule has 0 saturated carbocycles. The van der Waals surface area contributed by atoms with E-state index in [0.717, 1.165) is 17.7 Å². The Balaban J connectivity index is 1.98. The molecular formula is C20H21FO2S. The summed E-state index contributed by atoms with van der Waals surface area (Å²) in [5.74, 6) is -1.29. The molecule has 0 spiro atoms. The van der Waals surface area contributed by atoms with Gasteiger partial charge in [-0.05, 0) is 55.4 Å². The van der Waals surface area contributed by atoms with Gasteiger partial charge in [-0.2, -0.15) is 0 Å². The highest BCUT2D eigenvalue weighted by Gasteiger charge is 2.29. The molecule has 0 aliphatic heterocycles. The molecule has 1 aliphatic rings. The van der Waals surface area contributed by atoms with Gasteiger partial charge in [-0.3, -0.25) is 0 Å². The van der Waals surface area contributed by atoms with E-state index in [0.29, 0.717) is 11.1 Å². The third-order valence-corrected chi connectivity index (χ3v) is 6.14. The second-order valence-electron chi connectivity index (χ2n) is 7.01. The zero-order valence-electron chi connectivity index (χ0n) is 14.1. The highest BCUT2D eigenvalue weighted by molar-refractivity contribution is 7.13. The van der Waals surface area contributed by atoms with Gasteiger partial charge in [-0.15, -0.1) is 11.3 Å². The van der Waals surface area contributed by atoms with Crippen molar-refractivity contribution in [3.05, 3.63) is 56.8 Å². The van der Waals surface area contributed by atoms with Crippen molar-refractivity contribution >= 4 is 28.7 Å². The fourth-order valence-corrected chi connectivity index (χ4v) is 4.66. The van der Waals surface area contributed by atoms with Gasteiger partial charge in [0.05, 0.1) is 5.56 Å². The van der Waals surface area contributed by atoms with E-state index in [4.69, 9.17) is 5.11 Å². The van der Waals surface area contributed by atoms with Gasteiger partial charge in [0, 0.05) is 20.9 Å². The van der Waals surface area contributed by atoms with Crippen LogP contribution < -0.4 is 0 Å². The maximum Gasteiger partial charge on any atom is 0.335 e. The first-order chi connectivity index (χ1) is 11.3. The quantitative estimate of drug-likeness (QED) is 0.750. The highest BCUT2D eigenvalue weighted by atomic mass is 32.1. The lowest BCUT2D eigenvalue weighted by molar-refractivity contribution is 0.0697. The minimum Gasteiger partial charge on any atom is -0.478 e. The number of benzene rings is 1. The molecule has 0 saturated heterocycles. The molecule has 126 valence electrons. The summed E-state index contributed by atoms with van der Waals surface area (Å²) in [5.41, 5.74) is 2.71. The number of carboxylic acids is 1. The van der Waals surface area contributed by atoms with Gasteiger partial charge in [-0.1, -0.05) is 26.0 Å². The number of aryl methyl sites for hydroxylation is 1. The molecule has 24 heavy (non-hydrogen) atoms. The maximum atomic E-state index is 14.8. The third kappa shape index (κ3) is 3.03. The second-order valence-corrected chi connectivity index (χ2v) is 8.14. The number of hydrogen-bond acceptors (Lipinski definition) is 2. The minimum absolute atomic E-state index is 0.155. The van der Waals surface area contributed by atoms with E-state index in [2.05, 4.69) is 19.9 Å². The molecule has 1 N–H and O–H groups in total. The van der Waals surface area contributed by atoms with Gasteiger partial charge in [0.15, 0.2) is 0 Å². The van der Waals surface area contributed by atoms with Gasteiger partial charge in [0.25, 0.3) is 0 Å². The number of hydrogen-bond donors (Lipinski definition) is 1. The fourth-order valence-electron chi connectivity index (χ4n) is 3.28. The van der Waals surface area contributed by atoms with Gasteiger partial charge in [0.2, 0.25) is 0 Å². The maximum absolute atomic E-state index is 14.8. The number of fused-ring (bicyclic) bond motifs is 1. The first kappa shape index (κ1) is 16.9. The van der Waals surface area contributed by atoms with Crippen molar-refractivity contribution in [1.29, 1.82) is 0 Å². The third-order valence-electron chi connectivity index (χ3n) is 4.83. The van der Waals surface area contributed by atoms with E-state index in [1.54, 1.807) is 18.3 Å². The van der Waals surface area contributed by atoms with Crippen molar-refractivity contribution in [3.63, 3.8) is 0 Å². The summed E-state index contributed by atoms with van der Waals surface area (Å²) in [6.45, 7) is 6.30. The van der Waals surface area contributed by atoms with Crippen LogP contribution in [0, 0.1) is 0 Å². The van der Waals surface area contributed by atoms with Gasteiger partial charge < -0.3 is 5.11 Å². The lowest BCUT2D eigenvalue weighted by Crippen LogP contribution is -2.21. The largest absolute Gasteiger partial charge is 0.478 e. The molecule has 0 atom stereocenters. The number of thiophene rings is 1. The van der Waals surface area contributed by atoms with Crippen molar-refractivity contribution in [1.82, 2.24) is 0 Å². The number of rotatable bonds is 3. The van der Waals surface area contributed by atoms with Crippen LogP contribution in [0.15, 0.2) is 30.3 Å². The van der Waals surface area contributed by atoms with Crippen LogP contribution in [0.3, 0.4) is 0 Å². The summed E-state index contributed by atoms with van der Waals surface area (Å²) in [6, 6.07) is 8.07. The highest BCUT2D eigenvalue weighted by Crippen LogP contribution is 2.43. The molecule has 0 bridgehead atoms.